The maximum atomic E-state index is 13.7. The van der Waals surface area contributed by atoms with Crippen molar-refractivity contribution in [3.05, 3.63) is 71.9 Å². The summed E-state index contributed by atoms with van der Waals surface area (Å²) in [5.41, 5.74) is 2.20. The number of nitrogens with one attached hydrogen (secondary N) is 1. The fourth-order valence-electron chi connectivity index (χ4n) is 2.39. The second-order valence-electron chi connectivity index (χ2n) is 5.65. The van der Waals surface area contributed by atoms with Crippen molar-refractivity contribution in [3.8, 4) is 11.5 Å². The van der Waals surface area contributed by atoms with Gasteiger partial charge in [-0.15, -0.1) is 10.2 Å². The highest BCUT2D eigenvalue weighted by atomic mass is 32.2. The van der Waals surface area contributed by atoms with Gasteiger partial charge in [0.2, 0.25) is 11.0 Å². The van der Waals surface area contributed by atoms with Crippen molar-refractivity contribution < 1.29 is 8.81 Å². The van der Waals surface area contributed by atoms with Crippen LogP contribution < -0.4 is 5.32 Å². The number of anilines is 2. The molecule has 5 nitrogen and oxygen atoms in total. The highest BCUT2D eigenvalue weighted by Crippen LogP contribution is 2.32. The van der Waals surface area contributed by atoms with Crippen LogP contribution in [-0.2, 0) is 5.75 Å². The molecule has 1 N–H and O–H groups in total. The molecule has 0 atom stereocenters. The number of rotatable bonds is 6. The number of hydrogen-bond donors (Lipinski definition) is 1. The normalized spacial score (nSPS) is 10.9. The van der Waals surface area contributed by atoms with Gasteiger partial charge >= 0.3 is 0 Å². The average Bonchev–Trinajstić information content (AvgIpc) is 3.29. The molecule has 0 spiro atoms. The zero-order chi connectivity index (χ0) is 18.6. The summed E-state index contributed by atoms with van der Waals surface area (Å²) < 4.78 is 20.3. The van der Waals surface area contributed by atoms with E-state index in [-0.39, 0.29) is 5.82 Å². The molecular formula is C19H15FN4OS2. The zero-order valence-corrected chi connectivity index (χ0v) is 16.0. The molecule has 8 heteroatoms. The minimum atomic E-state index is -0.325. The molecule has 0 fully saturated rings. The number of hydrogen-bond acceptors (Lipinski definition) is 7. The molecule has 0 aliphatic carbocycles. The maximum Gasteiger partial charge on any atom is 0.226 e. The Bertz CT molecular complexity index is 1050. The Morgan fingerprint density at radius 1 is 1.07 bits per heavy atom. The predicted octanol–water partition coefficient (Wildman–Crippen LogP) is 5.68. The largest absolute Gasteiger partial charge is 0.441 e. The number of thioether (sulfide) groups is 1. The third-order valence-corrected chi connectivity index (χ3v) is 5.75. The van der Waals surface area contributed by atoms with Crippen LogP contribution in [0, 0.1) is 12.7 Å². The van der Waals surface area contributed by atoms with E-state index in [0.29, 0.717) is 22.5 Å². The van der Waals surface area contributed by atoms with Gasteiger partial charge in [0.15, 0.2) is 4.34 Å². The summed E-state index contributed by atoms with van der Waals surface area (Å²) in [6.45, 7) is 1.90. The van der Waals surface area contributed by atoms with E-state index in [1.165, 1.54) is 29.2 Å². The molecular weight excluding hydrogens is 383 g/mol. The average molecular weight is 398 g/mol. The van der Waals surface area contributed by atoms with Crippen molar-refractivity contribution in [1.29, 1.82) is 0 Å². The van der Waals surface area contributed by atoms with E-state index in [1.54, 1.807) is 18.2 Å². The summed E-state index contributed by atoms with van der Waals surface area (Å²) in [4.78, 5) is 4.58. The minimum absolute atomic E-state index is 0.325. The molecule has 0 saturated carbocycles. The van der Waals surface area contributed by atoms with Gasteiger partial charge in [-0.25, -0.2) is 9.37 Å². The van der Waals surface area contributed by atoms with Crippen LogP contribution in [0.4, 0.5) is 15.2 Å². The SMILES string of the molecule is Cc1oc(-c2ccccc2)nc1CSc1nnc(Nc2ccccc2F)s1. The zero-order valence-electron chi connectivity index (χ0n) is 14.3. The lowest BCUT2D eigenvalue weighted by Gasteiger charge is -2.01. The molecule has 4 rings (SSSR count). The number of aryl methyl sites for hydroxylation is 1. The lowest BCUT2D eigenvalue weighted by atomic mass is 10.2. The van der Waals surface area contributed by atoms with Crippen molar-refractivity contribution in [3.63, 3.8) is 0 Å². The van der Waals surface area contributed by atoms with Gasteiger partial charge < -0.3 is 9.73 Å². The van der Waals surface area contributed by atoms with Gasteiger partial charge in [-0.2, -0.15) is 0 Å². The van der Waals surface area contributed by atoms with Crippen molar-refractivity contribution in [2.45, 2.75) is 17.0 Å². The summed E-state index contributed by atoms with van der Waals surface area (Å²) in [5, 5.41) is 11.7. The van der Waals surface area contributed by atoms with Gasteiger partial charge in [0.25, 0.3) is 0 Å². The smallest absolute Gasteiger partial charge is 0.226 e. The Labute approximate surface area is 163 Å². The molecule has 0 amide bonds. The van der Waals surface area contributed by atoms with E-state index in [1.807, 2.05) is 37.3 Å². The maximum absolute atomic E-state index is 13.7. The van der Waals surface area contributed by atoms with E-state index >= 15 is 0 Å². The Morgan fingerprint density at radius 3 is 2.67 bits per heavy atom. The summed E-state index contributed by atoms with van der Waals surface area (Å²) in [6.07, 6.45) is 0. The van der Waals surface area contributed by atoms with Crippen molar-refractivity contribution in [1.82, 2.24) is 15.2 Å². The van der Waals surface area contributed by atoms with Gasteiger partial charge in [0, 0.05) is 11.3 Å². The summed E-state index contributed by atoms with van der Waals surface area (Å²) in [6, 6.07) is 16.3. The van der Waals surface area contributed by atoms with Crippen LogP contribution in [0.2, 0.25) is 0 Å². The van der Waals surface area contributed by atoms with Crippen LogP contribution in [0.3, 0.4) is 0 Å². The van der Waals surface area contributed by atoms with Crippen LogP contribution in [0.5, 0.6) is 0 Å². The highest BCUT2D eigenvalue weighted by Gasteiger charge is 2.13. The number of benzene rings is 2. The van der Waals surface area contributed by atoms with Crippen molar-refractivity contribution in [2.75, 3.05) is 5.32 Å². The Morgan fingerprint density at radius 2 is 1.85 bits per heavy atom. The summed E-state index contributed by atoms with van der Waals surface area (Å²) >= 11 is 2.89. The Balaban J connectivity index is 1.42. The fraction of sp³-hybridized carbons (Fsp3) is 0.105. The first-order chi connectivity index (χ1) is 13.2. The molecule has 0 bridgehead atoms. The molecule has 27 heavy (non-hydrogen) atoms. The van der Waals surface area contributed by atoms with Gasteiger partial charge in [0.1, 0.15) is 11.6 Å². The first-order valence-electron chi connectivity index (χ1n) is 8.18. The number of para-hydroxylation sites is 1. The topological polar surface area (TPSA) is 63.8 Å². The highest BCUT2D eigenvalue weighted by molar-refractivity contribution is 8.00. The third-order valence-electron chi connectivity index (χ3n) is 3.77. The molecule has 0 unspecified atom stereocenters. The summed E-state index contributed by atoms with van der Waals surface area (Å²) in [5.74, 6) is 1.70. The quantitative estimate of drug-likeness (QED) is 0.422. The molecule has 0 aliphatic rings. The fourth-order valence-corrected chi connectivity index (χ4v) is 4.16. The van der Waals surface area contributed by atoms with E-state index in [0.717, 1.165) is 21.4 Å². The molecule has 2 aromatic carbocycles. The van der Waals surface area contributed by atoms with Crippen LogP contribution in [0.25, 0.3) is 11.5 Å². The first-order valence-corrected chi connectivity index (χ1v) is 9.99. The molecule has 136 valence electrons. The molecule has 0 aliphatic heterocycles. The lowest BCUT2D eigenvalue weighted by molar-refractivity contribution is 0.540. The van der Waals surface area contributed by atoms with E-state index in [9.17, 15) is 4.39 Å². The Kier molecular flexibility index (Phi) is 5.17. The number of nitrogens with zero attached hydrogens (tertiary/aromatic N) is 3. The van der Waals surface area contributed by atoms with E-state index in [4.69, 9.17) is 4.42 Å². The second-order valence-corrected chi connectivity index (χ2v) is 7.85. The second kappa shape index (κ2) is 7.89. The van der Waals surface area contributed by atoms with Crippen LogP contribution in [0.15, 0.2) is 63.4 Å². The van der Waals surface area contributed by atoms with Crippen LogP contribution >= 0.6 is 23.1 Å². The van der Waals surface area contributed by atoms with Gasteiger partial charge in [0.05, 0.1) is 11.4 Å². The van der Waals surface area contributed by atoms with Crippen LogP contribution in [0.1, 0.15) is 11.5 Å². The van der Waals surface area contributed by atoms with Crippen molar-refractivity contribution in [2.24, 2.45) is 0 Å². The lowest BCUT2D eigenvalue weighted by Crippen LogP contribution is -1.92. The third kappa shape index (κ3) is 4.17. The van der Waals surface area contributed by atoms with Crippen LogP contribution in [-0.4, -0.2) is 15.2 Å². The van der Waals surface area contributed by atoms with E-state index in [2.05, 4.69) is 20.5 Å². The Hall–Kier alpha value is -2.71. The van der Waals surface area contributed by atoms with Crippen molar-refractivity contribution >= 4 is 33.9 Å². The van der Waals surface area contributed by atoms with Gasteiger partial charge in [-0.1, -0.05) is 53.4 Å². The molecule has 2 heterocycles. The monoisotopic (exact) mass is 398 g/mol. The molecule has 2 aromatic heterocycles. The first kappa shape index (κ1) is 17.7. The van der Waals surface area contributed by atoms with Gasteiger partial charge in [-0.3, -0.25) is 0 Å². The number of halogens is 1. The number of aromatic nitrogens is 3. The molecule has 0 saturated heterocycles. The van der Waals surface area contributed by atoms with Gasteiger partial charge in [-0.05, 0) is 31.2 Å². The van der Waals surface area contributed by atoms with E-state index < -0.39 is 0 Å². The number of oxazole rings is 1. The molecule has 0 radical (unpaired) electrons. The minimum Gasteiger partial charge on any atom is -0.441 e. The summed E-state index contributed by atoms with van der Waals surface area (Å²) in [7, 11) is 0. The predicted molar refractivity (Wildman–Crippen MR) is 106 cm³/mol. The molecule has 4 aromatic rings. The standard InChI is InChI=1S/C19H15FN4OS2/c1-12-16(21-17(25-12)13-7-3-2-4-8-13)11-26-19-24-23-18(27-19)22-15-10-6-5-9-14(15)20/h2-10H,11H2,1H3,(H,22,23).